The molecule has 0 spiro atoms. The monoisotopic (exact) mass is 181 g/mol. The second kappa shape index (κ2) is 4.79. The van der Waals surface area contributed by atoms with Crippen molar-refractivity contribution < 1.29 is 19.4 Å². The minimum atomic E-state index is -1.13. The summed E-state index contributed by atoms with van der Waals surface area (Å²) in [6.45, 7) is 1.32. The lowest BCUT2D eigenvalue weighted by atomic mass is 10.4. The lowest BCUT2D eigenvalue weighted by Gasteiger charge is -2.07. The quantitative estimate of drug-likeness (QED) is 0.618. The number of hydrogen-bond acceptors (Lipinski definition) is 3. The fraction of sp³-hybridized carbons (Fsp3) is 0.600. The first-order chi connectivity index (χ1) is 5.07. The molecule has 5 nitrogen and oxygen atoms in total. The van der Waals surface area contributed by atoms with Crippen LogP contribution in [0.15, 0.2) is 0 Å². The number of hydrogen-bond donors (Lipinski definition) is 2. The standard InChI is InChI=1S/C5H8ClNO4/c1-3(4(8)9)7-5(10)11-2-6/h3H,2H2,1H3,(H,7,10)(H,8,9)/t3-/m0/s1. The van der Waals surface area contributed by atoms with Crippen molar-refractivity contribution in [2.45, 2.75) is 13.0 Å². The maximum Gasteiger partial charge on any atom is 0.409 e. The van der Waals surface area contributed by atoms with E-state index in [0.717, 1.165) is 0 Å². The number of nitrogens with one attached hydrogen (secondary N) is 1. The van der Waals surface area contributed by atoms with Gasteiger partial charge in [0.2, 0.25) is 0 Å². The van der Waals surface area contributed by atoms with Crippen molar-refractivity contribution >= 4 is 23.7 Å². The van der Waals surface area contributed by atoms with Gasteiger partial charge in [0.15, 0.2) is 6.07 Å². The predicted molar refractivity (Wildman–Crippen MR) is 37.4 cm³/mol. The van der Waals surface area contributed by atoms with Gasteiger partial charge in [-0.15, -0.1) is 0 Å². The number of halogens is 1. The highest BCUT2D eigenvalue weighted by atomic mass is 35.5. The number of rotatable bonds is 3. The Morgan fingerprint density at radius 3 is 2.64 bits per heavy atom. The van der Waals surface area contributed by atoms with Gasteiger partial charge in [-0.3, -0.25) is 4.79 Å². The summed E-state index contributed by atoms with van der Waals surface area (Å²) in [6, 6.07) is -1.26. The Bertz CT molecular complexity index is 161. The molecule has 11 heavy (non-hydrogen) atoms. The van der Waals surface area contributed by atoms with E-state index in [1.165, 1.54) is 6.92 Å². The number of ether oxygens (including phenoxy) is 1. The molecule has 0 aromatic carbocycles. The molecule has 64 valence electrons. The molecule has 6 heteroatoms. The summed E-state index contributed by atoms with van der Waals surface area (Å²) in [5.41, 5.74) is 0. The van der Waals surface area contributed by atoms with E-state index in [-0.39, 0.29) is 6.07 Å². The third kappa shape index (κ3) is 4.44. The summed E-state index contributed by atoms with van der Waals surface area (Å²) in [5, 5.41) is 10.3. The average molecular weight is 182 g/mol. The largest absolute Gasteiger partial charge is 0.480 e. The van der Waals surface area contributed by atoms with Gasteiger partial charge < -0.3 is 15.2 Å². The van der Waals surface area contributed by atoms with Gasteiger partial charge in [-0.2, -0.15) is 0 Å². The number of alkyl carbamates (subject to hydrolysis) is 1. The van der Waals surface area contributed by atoms with Crippen molar-refractivity contribution in [2.75, 3.05) is 6.07 Å². The van der Waals surface area contributed by atoms with Crippen LogP contribution in [-0.2, 0) is 9.53 Å². The van der Waals surface area contributed by atoms with E-state index in [2.05, 4.69) is 4.74 Å². The fourth-order valence-corrected chi connectivity index (χ4v) is 0.429. The van der Waals surface area contributed by atoms with Gasteiger partial charge in [0.05, 0.1) is 0 Å². The van der Waals surface area contributed by atoms with Crippen LogP contribution in [0.2, 0.25) is 0 Å². The average Bonchev–Trinajstić information content (AvgIpc) is 1.87. The van der Waals surface area contributed by atoms with Gasteiger partial charge in [0, 0.05) is 0 Å². The van der Waals surface area contributed by atoms with Crippen molar-refractivity contribution in [1.82, 2.24) is 5.32 Å². The maximum absolute atomic E-state index is 10.5. The van der Waals surface area contributed by atoms with Crippen LogP contribution in [0.25, 0.3) is 0 Å². The fourth-order valence-electron chi connectivity index (χ4n) is 0.330. The summed E-state index contributed by atoms with van der Waals surface area (Å²) in [7, 11) is 0. The summed E-state index contributed by atoms with van der Waals surface area (Å²) < 4.78 is 4.21. The zero-order chi connectivity index (χ0) is 8.85. The third-order valence-corrected chi connectivity index (χ3v) is 1.000. The van der Waals surface area contributed by atoms with E-state index in [4.69, 9.17) is 16.7 Å². The minimum absolute atomic E-state index is 0.293. The molecule has 0 bridgehead atoms. The summed E-state index contributed by atoms with van der Waals surface area (Å²) >= 11 is 5.03. The number of carboxylic acid groups (broad SMARTS) is 1. The Labute approximate surface area is 68.3 Å². The van der Waals surface area contributed by atoms with E-state index >= 15 is 0 Å². The molecule has 0 aromatic rings. The molecule has 0 fully saturated rings. The van der Waals surface area contributed by atoms with E-state index in [1.807, 2.05) is 5.32 Å². The van der Waals surface area contributed by atoms with E-state index in [9.17, 15) is 9.59 Å². The molecule has 0 aliphatic heterocycles. The molecular formula is C5H8ClNO4. The molecule has 1 atom stereocenters. The molecular weight excluding hydrogens is 174 g/mol. The van der Waals surface area contributed by atoms with Crippen molar-refractivity contribution in [3.8, 4) is 0 Å². The van der Waals surface area contributed by atoms with Crippen LogP contribution in [-0.4, -0.2) is 29.3 Å². The Hall–Kier alpha value is -0.970. The smallest absolute Gasteiger partial charge is 0.409 e. The van der Waals surface area contributed by atoms with Crippen molar-refractivity contribution in [3.63, 3.8) is 0 Å². The van der Waals surface area contributed by atoms with E-state index in [1.54, 1.807) is 0 Å². The number of carboxylic acids is 1. The molecule has 0 rings (SSSR count). The first-order valence-electron chi connectivity index (χ1n) is 2.80. The number of carbonyl (C=O) groups is 2. The number of alkyl halides is 1. The van der Waals surface area contributed by atoms with Crippen molar-refractivity contribution in [3.05, 3.63) is 0 Å². The lowest BCUT2D eigenvalue weighted by Crippen LogP contribution is -2.38. The molecule has 0 heterocycles. The predicted octanol–water partition coefficient (Wildman–Crippen LogP) is 0.382. The van der Waals surface area contributed by atoms with Crippen molar-refractivity contribution in [2.24, 2.45) is 0 Å². The molecule has 0 aromatic heterocycles. The van der Waals surface area contributed by atoms with Gasteiger partial charge >= 0.3 is 12.1 Å². The SMILES string of the molecule is C[C@H](NC(=O)OCCl)C(=O)O. The molecule has 2 N–H and O–H groups in total. The summed E-state index contributed by atoms with van der Waals surface area (Å²) in [4.78, 5) is 20.6. The van der Waals surface area contributed by atoms with Gasteiger partial charge in [-0.25, -0.2) is 4.79 Å². The van der Waals surface area contributed by atoms with E-state index < -0.39 is 18.1 Å². The maximum atomic E-state index is 10.5. The van der Waals surface area contributed by atoms with Gasteiger partial charge in [-0.05, 0) is 6.92 Å². The normalized spacial score (nSPS) is 11.8. The number of amides is 1. The Kier molecular flexibility index (Phi) is 4.36. The highest BCUT2D eigenvalue weighted by Gasteiger charge is 2.13. The highest BCUT2D eigenvalue weighted by molar-refractivity contribution is 6.17. The van der Waals surface area contributed by atoms with E-state index in [0.29, 0.717) is 0 Å². The number of carbonyl (C=O) groups excluding carboxylic acids is 1. The second-order valence-corrected chi connectivity index (χ2v) is 1.96. The van der Waals surface area contributed by atoms with Gasteiger partial charge in [-0.1, -0.05) is 11.6 Å². The van der Waals surface area contributed by atoms with Crippen LogP contribution in [0.4, 0.5) is 4.79 Å². The van der Waals surface area contributed by atoms with Crippen LogP contribution in [0, 0.1) is 0 Å². The Morgan fingerprint density at radius 1 is 1.73 bits per heavy atom. The summed E-state index contributed by atoms with van der Waals surface area (Å²) in [5.74, 6) is -1.13. The zero-order valence-electron chi connectivity index (χ0n) is 5.83. The van der Waals surface area contributed by atoms with Crippen molar-refractivity contribution in [1.29, 1.82) is 0 Å². The first-order valence-corrected chi connectivity index (χ1v) is 3.33. The zero-order valence-corrected chi connectivity index (χ0v) is 6.59. The first kappa shape index (κ1) is 10.0. The lowest BCUT2D eigenvalue weighted by molar-refractivity contribution is -0.138. The minimum Gasteiger partial charge on any atom is -0.480 e. The Morgan fingerprint density at radius 2 is 2.27 bits per heavy atom. The third-order valence-electron chi connectivity index (χ3n) is 0.890. The molecule has 0 aliphatic rings. The van der Waals surface area contributed by atoms with Crippen LogP contribution in [0.3, 0.4) is 0 Å². The molecule has 0 unspecified atom stereocenters. The van der Waals surface area contributed by atoms with Crippen LogP contribution in [0.5, 0.6) is 0 Å². The van der Waals surface area contributed by atoms with Crippen LogP contribution in [0.1, 0.15) is 6.92 Å². The van der Waals surface area contributed by atoms with Gasteiger partial charge in [0.1, 0.15) is 6.04 Å². The summed E-state index contributed by atoms with van der Waals surface area (Å²) in [6.07, 6.45) is -0.838. The number of aliphatic carboxylic acids is 1. The molecule has 0 radical (unpaired) electrons. The molecule has 1 amide bonds. The van der Waals surface area contributed by atoms with Crippen LogP contribution < -0.4 is 5.32 Å². The Balaban J connectivity index is 3.66. The molecule has 0 saturated carbocycles. The topological polar surface area (TPSA) is 75.6 Å². The van der Waals surface area contributed by atoms with Gasteiger partial charge in [0.25, 0.3) is 0 Å². The van der Waals surface area contributed by atoms with Crippen LogP contribution >= 0.6 is 11.6 Å². The second-order valence-electron chi connectivity index (χ2n) is 1.75. The molecule has 0 saturated heterocycles. The molecule has 0 aliphatic carbocycles. The highest BCUT2D eigenvalue weighted by Crippen LogP contribution is 1.85.